The monoisotopic (exact) mass is 238 g/mol. The fraction of sp³-hybridized carbons (Fsp3) is 0.692. The average molecular weight is 238 g/mol. The van der Waals surface area contributed by atoms with Crippen LogP contribution in [-0.2, 0) is 13.6 Å². The minimum atomic E-state index is 0.852. The van der Waals surface area contributed by atoms with Gasteiger partial charge in [-0.15, -0.1) is 0 Å². The van der Waals surface area contributed by atoms with Crippen molar-refractivity contribution in [1.82, 2.24) is 9.88 Å². The van der Waals surface area contributed by atoms with E-state index in [0.717, 1.165) is 18.3 Å². The van der Waals surface area contributed by atoms with Gasteiger partial charge in [0, 0.05) is 36.8 Å². The molecule has 0 spiro atoms. The Hall–Kier alpha value is -0.410. The number of thioether (sulfide) groups is 1. The highest BCUT2D eigenvalue weighted by molar-refractivity contribution is 8.00. The highest BCUT2D eigenvalue weighted by atomic mass is 32.2. The van der Waals surface area contributed by atoms with Crippen molar-refractivity contribution in [1.29, 1.82) is 0 Å². The Morgan fingerprint density at radius 2 is 2.31 bits per heavy atom. The Morgan fingerprint density at radius 3 is 2.88 bits per heavy atom. The van der Waals surface area contributed by atoms with Crippen LogP contribution in [-0.4, -0.2) is 22.1 Å². The van der Waals surface area contributed by atoms with Crippen LogP contribution in [0.25, 0.3) is 0 Å². The topological polar surface area (TPSA) is 17.0 Å². The van der Waals surface area contributed by atoms with Gasteiger partial charge >= 0.3 is 0 Å². The second-order valence-corrected chi connectivity index (χ2v) is 6.13. The molecule has 0 saturated carbocycles. The highest BCUT2D eigenvalue weighted by Gasteiger charge is 2.15. The summed E-state index contributed by atoms with van der Waals surface area (Å²) in [5.41, 5.74) is 4.19. The Balaban J connectivity index is 1.82. The summed E-state index contributed by atoms with van der Waals surface area (Å²) in [6, 6.07) is 2.30. The smallest absolute Gasteiger partial charge is 0.0223 e. The fourth-order valence-corrected chi connectivity index (χ4v) is 3.52. The van der Waals surface area contributed by atoms with Crippen molar-refractivity contribution >= 4 is 11.8 Å². The van der Waals surface area contributed by atoms with Gasteiger partial charge in [0.25, 0.3) is 0 Å². The lowest BCUT2D eigenvalue weighted by Gasteiger charge is -2.10. The van der Waals surface area contributed by atoms with Gasteiger partial charge in [-0.25, -0.2) is 0 Å². The maximum atomic E-state index is 3.59. The molecular formula is C13H22N2S. The van der Waals surface area contributed by atoms with Crippen LogP contribution in [0, 0.1) is 13.8 Å². The van der Waals surface area contributed by atoms with Crippen molar-refractivity contribution in [2.45, 2.75) is 38.5 Å². The third-order valence-corrected chi connectivity index (χ3v) is 4.99. The van der Waals surface area contributed by atoms with Crippen molar-refractivity contribution in [2.75, 3.05) is 12.3 Å². The third kappa shape index (κ3) is 2.64. The lowest BCUT2D eigenvalue weighted by molar-refractivity contribution is 0.643. The van der Waals surface area contributed by atoms with Gasteiger partial charge < -0.3 is 9.88 Å². The van der Waals surface area contributed by atoms with Crippen LogP contribution in [0.2, 0.25) is 0 Å². The molecule has 1 aromatic heterocycles. The maximum absolute atomic E-state index is 3.59. The number of aromatic nitrogens is 1. The van der Waals surface area contributed by atoms with Gasteiger partial charge in [-0.3, -0.25) is 0 Å². The van der Waals surface area contributed by atoms with Crippen LogP contribution in [0.15, 0.2) is 6.07 Å². The van der Waals surface area contributed by atoms with Crippen LogP contribution < -0.4 is 5.32 Å². The molecule has 1 aliphatic heterocycles. The second-order valence-electron chi connectivity index (χ2n) is 4.72. The summed E-state index contributed by atoms with van der Waals surface area (Å²) in [5.74, 6) is 1.36. The van der Waals surface area contributed by atoms with Crippen molar-refractivity contribution in [3.8, 4) is 0 Å². The quantitative estimate of drug-likeness (QED) is 0.868. The van der Waals surface area contributed by atoms with Crippen LogP contribution >= 0.6 is 11.8 Å². The van der Waals surface area contributed by atoms with Gasteiger partial charge in [-0.2, -0.15) is 11.8 Å². The SMILES string of the molecule is Cc1cc(CNCC2CCCS2)c(C)n1C. The molecule has 3 heteroatoms. The van der Waals surface area contributed by atoms with Crippen molar-refractivity contribution < 1.29 is 0 Å². The van der Waals surface area contributed by atoms with Gasteiger partial charge in [-0.1, -0.05) is 0 Å². The lowest BCUT2D eigenvalue weighted by Crippen LogP contribution is -2.22. The minimum Gasteiger partial charge on any atom is -0.352 e. The number of rotatable bonds is 4. The number of nitrogens with one attached hydrogen (secondary N) is 1. The molecule has 1 N–H and O–H groups in total. The van der Waals surface area contributed by atoms with Crippen molar-refractivity contribution in [2.24, 2.45) is 7.05 Å². The highest BCUT2D eigenvalue weighted by Crippen LogP contribution is 2.25. The van der Waals surface area contributed by atoms with E-state index in [-0.39, 0.29) is 0 Å². The summed E-state index contributed by atoms with van der Waals surface area (Å²) in [7, 11) is 2.14. The number of nitrogens with zero attached hydrogens (tertiary/aromatic N) is 1. The van der Waals surface area contributed by atoms with E-state index in [1.807, 2.05) is 0 Å². The molecule has 2 nitrogen and oxygen atoms in total. The first-order valence-corrected chi connectivity index (χ1v) is 7.17. The first-order valence-electron chi connectivity index (χ1n) is 6.12. The minimum absolute atomic E-state index is 0.852. The van der Waals surface area contributed by atoms with Gasteiger partial charge in [0.1, 0.15) is 0 Å². The zero-order valence-electron chi connectivity index (χ0n) is 10.5. The molecule has 90 valence electrons. The Labute approximate surface area is 103 Å². The molecule has 1 unspecified atom stereocenters. The molecule has 1 atom stereocenters. The fourth-order valence-electron chi connectivity index (χ4n) is 2.29. The third-order valence-electron chi connectivity index (χ3n) is 3.59. The van der Waals surface area contributed by atoms with Gasteiger partial charge in [-0.05, 0) is 44.1 Å². The average Bonchev–Trinajstić information content (AvgIpc) is 2.85. The van der Waals surface area contributed by atoms with E-state index in [0.29, 0.717) is 0 Å². The molecule has 0 radical (unpaired) electrons. The van der Waals surface area contributed by atoms with Gasteiger partial charge in [0.2, 0.25) is 0 Å². The van der Waals surface area contributed by atoms with Crippen molar-refractivity contribution in [3.05, 3.63) is 23.0 Å². The molecule has 0 aromatic carbocycles. The van der Waals surface area contributed by atoms with E-state index in [9.17, 15) is 0 Å². The Morgan fingerprint density at radius 1 is 1.50 bits per heavy atom. The van der Waals surface area contributed by atoms with E-state index in [1.165, 1.54) is 35.5 Å². The molecule has 16 heavy (non-hydrogen) atoms. The van der Waals surface area contributed by atoms with E-state index in [1.54, 1.807) is 0 Å². The first-order chi connectivity index (χ1) is 7.68. The van der Waals surface area contributed by atoms with Crippen LogP contribution in [0.1, 0.15) is 29.8 Å². The van der Waals surface area contributed by atoms with E-state index >= 15 is 0 Å². The molecule has 1 aromatic rings. The molecule has 1 aliphatic rings. The summed E-state index contributed by atoms with van der Waals surface area (Å²) in [4.78, 5) is 0. The number of hydrogen-bond acceptors (Lipinski definition) is 2. The van der Waals surface area contributed by atoms with E-state index in [2.05, 4.69) is 48.6 Å². The molecule has 1 fully saturated rings. The summed E-state index contributed by atoms with van der Waals surface area (Å²) < 4.78 is 2.27. The van der Waals surface area contributed by atoms with Crippen LogP contribution in [0.4, 0.5) is 0 Å². The zero-order chi connectivity index (χ0) is 11.5. The second kappa shape index (κ2) is 5.28. The molecule has 0 amide bonds. The maximum Gasteiger partial charge on any atom is 0.0223 e. The Kier molecular flexibility index (Phi) is 3.98. The Bertz CT molecular complexity index is 351. The number of aryl methyl sites for hydroxylation is 1. The standard InChI is InChI=1S/C13H22N2S/c1-10-7-12(11(2)15(10)3)8-14-9-13-5-4-6-16-13/h7,13-14H,4-6,8-9H2,1-3H3. The van der Waals surface area contributed by atoms with E-state index in [4.69, 9.17) is 0 Å². The predicted octanol–water partition coefficient (Wildman–Crippen LogP) is 2.63. The predicted molar refractivity (Wildman–Crippen MR) is 72.1 cm³/mol. The van der Waals surface area contributed by atoms with Crippen molar-refractivity contribution in [3.63, 3.8) is 0 Å². The molecule has 0 aliphatic carbocycles. The van der Waals surface area contributed by atoms with Crippen LogP contribution in [0.5, 0.6) is 0 Å². The zero-order valence-corrected chi connectivity index (χ0v) is 11.4. The van der Waals surface area contributed by atoms with E-state index < -0.39 is 0 Å². The molecular weight excluding hydrogens is 216 g/mol. The largest absolute Gasteiger partial charge is 0.352 e. The summed E-state index contributed by atoms with van der Waals surface area (Å²) in [6.45, 7) is 6.56. The normalized spacial score (nSPS) is 20.6. The lowest BCUT2D eigenvalue weighted by atomic mass is 10.2. The van der Waals surface area contributed by atoms with Gasteiger partial charge in [0.15, 0.2) is 0 Å². The molecule has 0 bridgehead atoms. The summed E-state index contributed by atoms with van der Waals surface area (Å²) >= 11 is 2.12. The summed E-state index contributed by atoms with van der Waals surface area (Å²) in [5, 5.41) is 4.44. The molecule has 2 rings (SSSR count). The first kappa shape index (κ1) is 12.1. The number of hydrogen-bond donors (Lipinski definition) is 1. The molecule has 2 heterocycles. The summed E-state index contributed by atoms with van der Waals surface area (Å²) in [6.07, 6.45) is 2.80. The van der Waals surface area contributed by atoms with Gasteiger partial charge in [0.05, 0.1) is 0 Å². The van der Waals surface area contributed by atoms with Crippen LogP contribution in [0.3, 0.4) is 0 Å². The molecule has 1 saturated heterocycles.